The van der Waals surface area contributed by atoms with Crippen LogP contribution in [0.3, 0.4) is 0 Å². The first-order valence-electron chi connectivity index (χ1n) is 12.1. The molecule has 1 N–H and O–H groups in total. The number of furan rings is 1. The number of aryl methyl sites for hydroxylation is 2. The molecule has 1 aliphatic rings. The lowest BCUT2D eigenvalue weighted by Crippen LogP contribution is -2.29. The average molecular weight is 494 g/mol. The van der Waals surface area contributed by atoms with Crippen molar-refractivity contribution in [1.29, 1.82) is 0 Å². The lowest BCUT2D eigenvalue weighted by Gasteiger charge is -2.24. The van der Waals surface area contributed by atoms with Gasteiger partial charge in [0.1, 0.15) is 23.9 Å². The van der Waals surface area contributed by atoms with E-state index in [0.29, 0.717) is 23.7 Å². The first-order chi connectivity index (χ1) is 17.9. The lowest BCUT2D eigenvalue weighted by atomic mass is 9.94. The van der Waals surface area contributed by atoms with Gasteiger partial charge in [0, 0.05) is 5.56 Å². The van der Waals surface area contributed by atoms with E-state index in [9.17, 15) is 14.7 Å². The Bertz CT molecular complexity index is 1450. The average Bonchev–Trinajstić information content (AvgIpc) is 3.50. The quantitative estimate of drug-likeness (QED) is 0.191. The van der Waals surface area contributed by atoms with Crippen LogP contribution in [0.4, 0.5) is 0 Å². The highest BCUT2D eigenvalue weighted by atomic mass is 16.5. The van der Waals surface area contributed by atoms with Crippen LogP contribution in [0, 0.1) is 13.8 Å². The van der Waals surface area contributed by atoms with Crippen molar-refractivity contribution >= 4 is 17.4 Å². The molecule has 1 aromatic heterocycles. The minimum atomic E-state index is -0.747. The van der Waals surface area contributed by atoms with Crippen LogP contribution in [0.1, 0.15) is 39.6 Å². The van der Waals surface area contributed by atoms with Crippen LogP contribution in [-0.2, 0) is 22.7 Å². The van der Waals surface area contributed by atoms with Gasteiger partial charge in [-0.2, -0.15) is 0 Å². The van der Waals surface area contributed by atoms with Gasteiger partial charge in [0.25, 0.3) is 11.7 Å². The molecule has 5 rings (SSSR count). The monoisotopic (exact) mass is 493 g/mol. The number of nitrogens with zero attached hydrogens (tertiary/aromatic N) is 1. The molecular weight excluding hydrogens is 466 g/mol. The van der Waals surface area contributed by atoms with Crippen LogP contribution in [-0.4, -0.2) is 21.7 Å². The molecule has 1 atom stereocenters. The maximum absolute atomic E-state index is 13.2. The molecule has 0 saturated carbocycles. The third-order valence-corrected chi connectivity index (χ3v) is 6.46. The highest BCUT2D eigenvalue weighted by Crippen LogP contribution is 2.40. The fourth-order valence-electron chi connectivity index (χ4n) is 4.54. The predicted molar refractivity (Wildman–Crippen MR) is 140 cm³/mol. The zero-order valence-corrected chi connectivity index (χ0v) is 20.7. The number of hydrogen-bond donors (Lipinski definition) is 1. The lowest BCUT2D eigenvalue weighted by molar-refractivity contribution is -0.140. The van der Waals surface area contributed by atoms with Gasteiger partial charge in [-0.25, -0.2) is 0 Å². The maximum Gasteiger partial charge on any atom is 0.296 e. The number of Topliss-reactive ketones (excluding diaryl/α,β-unsaturated/α-hetero) is 1. The molecule has 1 fully saturated rings. The third kappa shape index (κ3) is 5.05. The topological polar surface area (TPSA) is 80.0 Å². The van der Waals surface area contributed by atoms with Gasteiger partial charge in [-0.05, 0) is 61.4 Å². The van der Waals surface area contributed by atoms with Gasteiger partial charge in [0.2, 0.25) is 0 Å². The Hall–Kier alpha value is -4.58. The summed E-state index contributed by atoms with van der Waals surface area (Å²) in [5.41, 5.74) is 4.48. The number of carbonyl (C=O) groups excluding carboxylic acids is 2. The minimum Gasteiger partial charge on any atom is -0.507 e. The van der Waals surface area contributed by atoms with Crippen LogP contribution in [0.25, 0.3) is 5.76 Å². The summed E-state index contributed by atoms with van der Waals surface area (Å²) < 4.78 is 11.3. The van der Waals surface area contributed by atoms with E-state index >= 15 is 0 Å². The normalized spacial score (nSPS) is 16.8. The number of likely N-dealkylation sites (tertiary alicyclic amines) is 1. The van der Waals surface area contributed by atoms with E-state index in [2.05, 4.69) is 6.07 Å². The van der Waals surface area contributed by atoms with E-state index in [0.717, 1.165) is 22.3 Å². The Morgan fingerprint density at radius 2 is 1.68 bits per heavy atom. The number of hydrogen-bond acceptors (Lipinski definition) is 5. The van der Waals surface area contributed by atoms with Crippen molar-refractivity contribution in [3.63, 3.8) is 0 Å². The largest absolute Gasteiger partial charge is 0.507 e. The second-order valence-electron chi connectivity index (χ2n) is 9.22. The van der Waals surface area contributed by atoms with Crippen molar-refractivity contribution in [1.82, 2.24) is 4.90 Å². The summed E-state index contributed by atoms with van der Waals surface area (Å²) in [6.45, 7) is 4.52. The van der Waals surface area contributed by atoms with Crippen molar-refractivity contribution in [2.75, 3.05) is 0 Å². The van der Waals surface area contributed by atoms with Crippen LogP contribution in [0.15, 0.2) is 101 Å². The molecule has 4 aromatic rings. The molecule has 0 spiro atoms. The molecule has 1 amide bonds. The molecule has 6 nitrogen and oxygen atoms in total. The standard InChI is InChI=1S/C31H27NO5/c1-20-8-10-23(11-9-20)28-27(30(34)31(35)32(28)18-26-7-4-16-36-26)29(33)24-12-14-25(15-13-24)37-19-22-6-3-5-21(2)17-22/h3-17,28,33H,18-19H2,1-2H3/b29-27+/t28-/m0/s1. The zero-order valence-electron chi connectivity index (χ0n) is 20.7. The molecule has 0 aliphatic carbocycles. The Morgan fingerprint density at radius 1 is 0.919 bits per heavy atom. The van der Waals surface area contributed by atoms with Crippen LogP contribution < -0.4 is 4.74 Å². The van der Waals surface area contributed by atoms with Crippen molar-refractivity contribution in [3.05, 3.63) is 130 Å². The molecule has 1 saturated heterocycles. The number of ether oxygens (including phenoxy) is 1. The molecule has 0 unspecified atom stereocenters. The van der Waals surface area contributed by atoms with E-state index in [1.54, 1.807) is 36.4 Å². The molecule has 1 aliphatic heterocycles. The molecule has 0 bridgehead atoms. The number of carbonyl (C=O) groups is 2. The van der Waals surface area contributed by atoms with E-state index in [1.807, 2.05) is 56.3 Å². The van der Waals surface area contributed by atoms with Gasteiger partial charge >= 0.3 is 0 Å². The second-order valence-corrected chi connectivity index (χ2v) is 9.22. The summed E-state index contributed by atoms with van der Waals surface area (Å²) in [6.07, 6.45) is 1.52. The van der Waals surface area contributed by atoms with E-state index in [-0.39, 0.29) is 17.9 Å². The SMILES string of the molecule is Cc1ccc([C@H]2/C(=C(\O)c3ccc(OCc4cccc(C)c4)cc3)C(=O)C(=O)N2Cc2ccco2)cc1. The number of benzene rings is 3. The van der Waals surface area contributed by atoms with Crippen LogP contribution >= 0.6 is 0 Å². The highest BCUT2D eigenvalue weighted by molar-refractivity contribution is 6.46. The first-order valence-corrected chi connectivity index (χ1v) is 12.1. The summed E-state index contributed by atoms with van der Waals surface area (Å²) in [7, 11) is 0. The number of amides is 1. The van der Waals surface area contributed by atoms with Gasteiger partial charge in [0.15, 0.2) is 0 Å². The molecule has 0 radical (unpaired) electrons. The highest BCUT2D eigenvalue weighted by Gasteiger charge is 2.46. The molecule has 6 heteroatoms. The van der Waals surface area contributed by atoms with Crippen molar-refractivity contribution in [3.8, 4) is 5.75 Å². The van der Waals surface area contributed by atoms with E-state index in [4.69, 9.17) is 9.15 Å². The van der Waals surface area contributed by atoms with Gasteiger partial charge in [0.05, 0.1) is 24.4 Å². The van der Waals surface area contributed by atoms with Crippen LogP contribution in [0.2, 0.25) is 0 Å². The molecule has 37 heavy (non-hydrogen) atoms. The summed E-state index contributed by atoms with van der Waals surface area (Å²) >= 11 is 0. The van der Waals surface area contributed by atoms with E-state index < -0.39 is 17.7 Å². The van der Waals surface area contributed by atoms with Gasteiger partial charge in [-0.15, -0.1) is 0 Å². The Labute approximate surface area is 215 Å². The third-order valence-electron chi connectivity index (χ3n) is 6.46. The fourth-order valence-corrected chi connectivity index (χ4v) is 4.54. The second kappa shape index (κ2) is 10.2. The summed E-state index contributed by atoms with van der Waals surface area (Å²) in [6, 6.07) is 25.3. The predicted octanol–water partition coefficient (Wildman–Crippen LogP) is 6.10. The molecule has 186 valence electrons. The van der Waals surface area contributed by atoms with Gasteiger partial charge in [-0.3, -0.25) is 9.59 Å². The Balaban J connectivity index is 1.46. The number of aliphatic hydroxyl groups excluding tert-OH is 1. The minimum absolute atomic E-state index is 0.0499. The fraction of sp³-hybridized carbons (Fsp3) is 0.161. The Kier molecular flexibility index (Phi) is 6.64. The summed E-state index contributed by atoms with van der Waals surface area (Å²) in [5, 5.41) is 11.3. The molecule has 2 heterocycles. The van der Waals surface area contributed by atoms with E-state index in [1.165, 1.54) is 11.2 Å². The first kappa shape index (κ1) is 24.1. The van der Waals surface area contributed by atoms with Crippen LogP contribution in [0.5, 0.6) is 5.75 Å². The Morgan fingerprint density at radius 3 is 2.35 bits per heavy atom. The smallest absolute Gasteiger partial charge is 0.296 e. The zero-order chi connectivity index (χ0) is 25.9. The number of rotatable bonds is 7. The van der Waals surface area contributed by atoms with Gasteiger partial charge in [-0.1, -0.05) is 59.7 Å². The number of ketones is 1. The van der Waals surface area contributed by atoms with Crippen molar-refractivity contribution < 1.29 is 23.8 Å². The van der Waals surface area contributed by atoms with Gasteiger partial charge < -0.3 is 19.2 Å². The van der Waals surface area contributed by atoms with Crippen molar-refractivity contribution in [2.45, 2.75) is 33.0 Å². The molecule has 3 aromatic carbocycles. The summed E-state index contributed by atoms with van der Waals surface area (Å²) in [4.78, 5) is 27.7. The summed E-state index contributed by atoms with van der Waals surface area (Å²) in [5.74, 6) is -0.451. The maximum atomic E-state index is 13.2. The van der Waals surface area contributed by atoms with Crippen molar-refractivity contribution in [2.24, 2.45) is 0 Å². The molecular formula is C31H27NO5. The number of aliphatic hydroxyl groups is 1.